The van der Waals surface area contributed by atoms with Crippen molar-refractivity contribution in [2.75, 3.05) is 6.54 Å². The van der Waals surface area contributed by atoms with Gasteiger partial charge in [-0.25, -0.2) is 0 Å². The Balaban J connectivity index is 2.25. The van der Waals surface area contributed by atoms with Crippen molar-refractivity contribution in [1.82, 2.24) is 5.32 Å². The first kappa shape index (κ1) is 14.4. The molecule has 2 rings (SSSR count). The van der Waals surface area contributed by atoms with Crippen LogP contribution in [0.25, 0.3) is 0 Å². The molecule has 19 heavy (non-hydrogen) atoms. The fourth-order valence-corrected chi connectivity index (χ4v) is 2.18. The molecule has 0 saturated carbocycles. The van der Waals surface area contributed by atoms with Crippen molar-refractivity contribution in [3.63, 3.8) is 0 Å². The third-order valence-electron chi connectivity index (χ3n) is 2.65. The topological polar surface area (TPSA) is 21.3 Å². The van der Waals surface area contributed by atoms with E-state index in [0.717, 1.165) is 28.9 Å². The number of rotatable bonds is 5. The predicted octanol–water partition coefficient (Wildman–Crippen LogP) is 5.00. The minimum Gasteiger partial charge on any atom is -0.455 e. The minimum absolute atomic E-state index is 0.599. The van der Waals surface area contributed by atoms with E-state index in [0.29, 0.717) is 10.8 Å². The van der Waals surface area contributed by atoms with E-state index < -0.39 is 0 Å². The maximum Gasteiger partial charge on any atom is 0.147 e. The molecule has 2 aromatic rings. The highest BCUT2D eigenvalue weighted by molar-refractivity contribution is 9.10. The molecule has 0 aromatic heterocycles. The number of halogens is 2. The minimum atomic E-state index is 0.599. The first-order valence-electron chi connectivity index (χ1n) is 6.12. The van der Waals surface area contributed by atoms with Gasteiger partial charge in [0.15, 0.2) is 0 Å². The van der Waals surface area contributed by atoms with E-state index in [1.807, 2.05) is 42.5 Å². The van der Waals surface area contributed by atoms with E-state index in [1.54, 1.807) is 0 Å². The molecule has 0 fully saturated rings. The average molecular weight is 341 g/mol. The molecule has 0 amide bonds. The standard InChI is InChI=1S/C15H15BrClNO/c1-2-18-10-11-5-3-4-6-14(11)19-15-9-12(16)7-8-13(15)17/h3-9,18H,2,10H2,1H3. The number of hydrogen-bond donors (Lipinski definition) is 1. The van der Waals surface area contributed by atoms with Crippen molar-refractivity contribution >= 4 is 27.5 Å². The zero-order chi connectivity index (χ0) is 13.7. The van der Waals surface area contributed by atoms with Crippen LogP contribution in [-0.2, 0) is 6.54 Å². The summed E-state index contributed by atoms with van der Waals surface area (Å²) in [5.74, 6) is 1.48. The Labute approximate surface area is 126 Å². The Bertz CT molecular complexity index is 560. The Morgan fingerprint density at radius 3 is 2.74 bits per heavy atom. The van der Waals surface area contributed by atoms with Gasteiger partial charge in [-0.05, 0) is 30.8 Å². The predicted molar refractivity (Wildman–Crippen MR) is 83.0 cm³/mol. The second kappa shape index (κ2) is 6.94. The summed E-state index contributed by atoms with van der Waals surface area (Å²) in [6.45, 7) is 3.78. The fraction of sp³-hybridized carbons (Fsp3) is 0.200. The molecule has 2 aromatic carbocycles. The average Bonchev–Trinajstić information content (AvgIpc) is 2.42. The smallest absolute Gasteiger partial charge is 0.147 e. The molecule has 0 aliphatic heterocycles. The molecule has 0 atom stereocenters. The molecular formula is C15H15BrClNO. The molecule has 0 bridgehead atoms. The normalized spacial score (nSPS) is 10.5. The lowest BCUT2D eigenvalue weighted by Crippen LogP contribution is -2.12. The number of ether oxygens (including phenoxy) is 1. The maximum atomic E-state index is 6.14. The van der Waals surface area contributed by atoms with E-state index in [9.17, 15) is 0 Å². The molecule has 4 heteroatoms. The van der Waals surface area contributed by atoms with Gasteiger partial charge in [-0.2, -0.15) is 0 Å². The summed E-state index contributed by atoms with van der Waals surface area (Å²) in [7, 11) is 0. The van der Waals surface area contributed by atoms with Crippen molar-refractivity contribution in [3.05, 3.63) is 57.5 Å². The zero-order valence-corrected chi connectivity index (χ0v) is 13.0. The van der Waals surface area contributed by atoms with Gasteiger partial charge < -0.3 is 10.1 Å². The number of hydrogen-bond acceptors (Lipinski definition) is 2. The summed E-state index contributed by atoms with van der Waals surface area (Å²) in [5, 5.41) is 3.89. The largest absolute Gasteiger partial charge is 0.455 e. The van der Waals surface area contributed by atoms with Crippen LogP contribution in [0.4, 0.5) is 0 Å². The van der Waals surface area contributed by atoms with Gasteiger partial charge in [-0.1, -0.05) is 52.7 Å². The summed E-state index contributed by atoms with van der Waals surface area (Å²) in [6, 6.07) is 13.5. The zero-order valence-electron chi connectivity index (χ0n) is 10.6. The summed E-state index contributed by atoms with van der Waals surface area (Å²) in [4.78, 5) is 0. The molecule has 0 saturated heterocycles. The first-order valence-corrected chi connectivity index (χ1v) is 7.29. The highest BCUT2D eigenvalue weighted by Gasteiger charge is 2.07. The van der Waals surface area contributed by atoms with Gasteiger partial charge in [0.05, 0.1) is 5.02 Å². The molecular weight excluding hydrogens is 326 g/mol. The molecule has 100 valence electrons. The second-order valence-electron chi connectivity index (χ2n) is 4.06. The Morgan fingerprint density at radius 2 is 1.95 bits per heavy atom. The first-order chi connectivity index (χ1) is 9.20. The SMILES string of the molecule is CCNCc1ccccc1Oc1cc(Br)ccc1Cl. The van der Waals surface area contributed by atoms with E-state index in [-0.39, 0.29) is 0 Å². The van der Waals surface area contributed by atoms with Crippen LogP contribution >= 0.6 is 27.5 Å². The summed E-state index contributed by atoms with van der Waals surface area (Å²) in [6.07, 6.45) is 0. The molecule has 0 heterocycles. The Kier molecular flexibility index (Phi) is 5.25. The molecule has 0 radical (unpaired) electrons. The van der Waals surface area contributed by atoms with Crippen molar-refractivity contribution in [1.29, 1.82) is 0 Å². The third kappa shape index (κ3) is 3.96. The van der Waals surface area contributed by atoms with Gasteiger partial charge in [0, 0.05) is 16.6 Å². The molecule has 0 unspecified atom stereocenters. The fourth-order valence-electron chi connectivity index (χ4n) is 1.68. The monoisotopic (exact) mass is 339 g/mol. The van der Waals surface area contributed by atoms with Gasteiger partial charge in [0.2, 0.25) is 0 Å². The highest BCUT2D eigenvalue weighted by atomic mass is 79.9. The van der Waals surface area contributed by atoms with Crippen molar-refractivity contribution in [2.45, 2.75) is 13.5 Å². The van der Waals surface area contributed by atoms with Gasteiger partial charge in [0.25, 0.3) is 0 Å². The van der Waals surface area contributed by atoms with E-state index in [4.69, 9.17) is 16.3 Å². The summed E-state index contributed by atoms with van der Waals surface area (Å²) in [5.41, 5.74) is 1.11. The molecule has 0 spiro atoms. The van der Waals surface area contributed by atoms with Crippen LogP contribution in [0.2, 0.25) is 5.02 Å². The molecule has 2 nitrogen and oxygen atoms in total. The van der Waals surface area contributed by atoms with Crippen LogP contribution in [0.1, 0.15) is 12.5 Å². The van der Waals surface area contributed by atoms with Crippen molar-refractivity contribution in [2.24, 2.45) is 0 Å². The van der Waals surface area contributed by atoms with E-state index in [2.05, 4.69) is 28.2 Å². The number of nitrogens with one attached hydrogen (secondary N) is 1. The van der Waals surface area contributed by atoms with Crippen LogP contribution < -0.4 is 10.1 Å². The van der Waals surface area contributed by atoms with Gasteiger partial charge in [-0.3, -0.25) is 0 Å². The lowest BCUT2D eigenvalue weighted by Gasteiger charge is -2.12. The van der Waals surface area contributed by atoms with Crippen LogP contribution in [0.3, 0.4) is 0 Å². The van der Waals surface area contributed by atoms with Gasteiger partial charge in [-0.15, -0.1) is 0 Å². The summed E-state index contributed by atoms with van der Waals surface area (Å²) >= 11 is 9.56. The number of para-hydroxylation sites is 1. The van der Waals surface area contributed by atoms with Crippen LogP contribution in [0.5, 0.6) is 11.5 Å². The van der Waals surface area contributed by atoms with Gasteiger partial charge in [0.1, 0.15) is 11.5 Å². The number of benzene rings is 2. The quantitative estimate of drug-likeness (QED) is 0.826. The highest BCUT2D eigenvalue weighted by Crippen LogP contribution is 2.33. The van der Waals surface area contributed by atoms with Crippen molar-refractivity contribution in [3.8, 4) is 11.5 Å². The Morgan fingerprint density at radius 1 is 1.16 bits per heavy atom. The van der Waals surface area contributed by atoms with Crippen LogP contribution in [-0.4, -0.2) is 6.54 Å². The summed E-state index contributed by atoms with van der Waals surface area (Å²) < 4.78 is 6.86. The maximum absolute atomic E-state index is 6.14. The lowest BCUT2D eigenvalue weighted by atomic mass is 10.2. The van der Waals surface area contributed by atoms with E-state index >= 15 is 0 Å². The third-order valence-corrected chi connectivity index (χ3v) is 3.46. The van der Waals surface area contributed by atoms with E-state index in [1.165, 1.54) is 0 Å². The second-order valence-corrected chi connectivity index (χ2v) is 5.39. The lowest BCUT2D eigenvalue weighted by molar-refractivity contribution is 0.473. The van der Waals surface area contributed by atoms with Gasteiger partial charge >= 0.3 is 0 Å². The molecule has 1 N–H and O–H groups in total. The Hall–Kier alpha value is -1.03. The van der Waals surface area contributed by atoms with Crippen molar-refractivity contribution < 1.29 is 4.74 Å². The molecule has 0 aliphatic rings. The van der Waals surface area contributed by atoms with Crippen LogP contribution in [0, 0.1) is 0 Å². The van der Waals surface area contributed by atoms with Crippen LogP contribution in [0.15, 0.2) is 46.9 Å². The molecule has 0 aliphatic carbocycles.